The largest absolute Gasteiger partial charge is 0.494 e. The molecule has 0 amide bonds. The molecule has 5 heteroatoms. The van der Waals surface area contributed by atoms with E-state index in [2.05, 4.69) is 21.7 Å². The van der Waals surface area contributed by atoms with Crippen molar-refractivity contribution in [1.29, 1.82) is 0 Å². The van der Waals surface area contributed by atoms with Crippen LogP contribution in [-0.2, 0) is 6.54 Å². The van der Waals surface area contributed by atoms with Crippen LogP contribution in [0.3, 0.4) is 0 Å². The Morgan fingerprint density at radius 1 is 1.23 bits per heavy atom. The number of aromatic nitrogens is 1. The van der Waals surface area contributed by atoms with Crippen molar-refractivity contribution >= 4 is 10.9 Å². The van der Waals surface area contributed by atoms with E-state index in [4.69, 9.17) is 4.74 Å². The summed E-state index contributed by atoms with van der Waals surface area (Å²) >= 11 is 0. The molecular formula is C21H29N3O2. The van der Waals surface area contributed by atoms with Gasteiger partial charge < -0.3 is 9.72 Å². The molecule has 2 fully saturated rings. The number of hydrogen-bond acceptors (Lipinski definition) is 4. The molecule has 0 unspecified atom stereocenters. The van der Waals surface area contributed by atoms with Crippen molar-refractivity contribution in [2.75, 3.05) is 26.2 Å². The molecule has 0 saturated carbocycles. The number of ether oxygens (including phenoxy) is 1. The highest BCUT2D eigenvalue weighted by molar-refractivity contribution is 5.80. The number of nitrogens with zero attached hydrogens (tertiary/aromatic N) is 2. The highest BCUT2D eigenvalue weighted by atomic mass is 16.5. The third-order valence-corrected chi connectivity index (χ3v) is 5.86. The van der Waals surface area contributed by atoms with Gasteiger partial charge in [0.25, 0.3) is 5.56 Å². The molecule has 2 aliphatic heterocycles. The lowest BCUT2D eigenvalue weighted by Gasteiger charge is -2.49. The number of aromatic amines is 1. The third-order valence-electron chi connectivity index (χ3n) is 5.86. The third kappa shape index (κ3) is 3.51. The number of fused-ring (bicyclic) bond motifs is 1. The summed E-state index contributed by atoms with van der Waals surface area (Å²) in [5.74, 6) is 0.848. The van der Waals surface area contributed by atoms with Crippen LogP contribution in [0.5, 0.6) is 5.75 Å². The van der Waals surface area contributed by atoms with Gasteiger partial charge in [0.05, 0.1) is 6.61 Å². The van der Waals surface area contributed by atoms with Crippen LogP contribution < -0.4 is 10.3 Å². The maximum absolute atomic E-state index is 12.4. The van der Waals surface area contributed by atoms with E-state index < -0.39 is 0 Å². The second-order valence-electron chi connectivity index (χ2n) is 7.74. The zero-order chi connectivity index (χ0) is 18.1. The number of H-pyrrole nitrogens is 1. The van der Waals surface area contributed by atoms with Crippen LogP contribution in [0.4, 0.5) is 0 Å². The number of piperidine rings is 1. The summed E-state index contributed by atoms with van der Waals surface area (Å²) in [5.41, 5.74) is 1.73. The molecule has 4 rings (SSSR count). The van der Waals surface area contributed by atoms with Crippen LogP contribution in [-0.4, -0.2) is 53.1 Å². The monoisotopic (exact) mass is 355 g/mol. The van der Waals surface area contributed by atoms with Gasteiger partial charge in [-0.05, 0) is 57.5 Å². The molecule has 0 bridgehead atoms. The number of nitrogens with one attached hydrogen (secondary N) is 1. The summed E-state index contributed by atoms with van der Waals surface area (Å²) in [5, 5.41) is 1.03. The van der Waals surface area contributed by atoms with Gasteiger partial charge >= 0.3 is 0 Å². The normalized spacial score (nSPS) is 22.5. The second-order valence-corrected chi connectivity index (χ2v) is 7.74. The number of hydrogen-bond donors (Lipinski definition) is 1. The first-order valence-electron chi connectivity index (χ1n) is 9.91. The fourth-order valence-corrected chi connectivity index (χ4v) is 4.39. The van der Waals surface area contributed by atoms with Crippen molar-refractivity contribution in [3.05, 3.63) is 40.2 Å². The molecule has 0 spiro atoms. The molecule has 0 aliphatic carbocycles. The first-order chi connectivity index (χ1) is 12.6. The Morgan fingerprint density at radius 3 is 2.85 bits per heavy atom. The Kier molecular flexibility index (Phi) is 5.00. The van der Waals surface area contributed by atoms with Gasteiger partial charge in [0.15, 0.2) is 0 Å². The molecule has 2 aromatic rings. The van der Waals surface area contributed by atoms with Crippen molar-refractivity contribution in [2.45, 2.75) is 51.7 Å². The Morgan fingerprint density at radius 2 is 2.08 bits per heavy atom. The van der Waals surface area contributed by atoms with Gasteiger partial charge in [-0.25, -0.2) is 0 Å². The standard InChI is InChI=1S/C21H29N3O2/c1-3-26-19-7-8-20-16(11-19)10-17(21(25)22-20)12-23-13-18(14-23)24-9-5-4-6-15(24)2/h7-8,10-11,15,18H,3-6,9,12-14H2,1-2H3,(H,22,25)/t15-/m1/s1. The number of pyridine rings is 1. The van der Waals surface area contributed by atoms with E-state index in [1.807, 2.05) is 31.2 Å². The fraction of sp³-hybridized carbons (Fsp3) is 0.571. The van der Waals surface area contributed by atoms with Crippen LogP contribution in [0, 0.1) is 0 Å². The van der Waals surface area contributed by atoms with Gasteiger partial charge in [0, 0.05) is 48.2 Å². The second kappa shape index (κ2) is 7.41. The summed E-state index contributed by atoms with van der Waals surface area (Å²) in [4.78, 5) is 20.5. The molecule has 2 saturated heterocycles. The Bertz CT molecular complexity index is 826. The van der Waals surface area contributed by atoms with Gasteiger partial charge in [-0.2, -0.15) is 0 Å². The molecular weight excluding hydrogens is 326 g/mol. The molecule has 26 heavy (non-hydrogen) atoms. The summed E-state index contributed by atoms with van der Waals surface area (Å²) in [6.45, 7) is 9.07. The molecule has 1 atom stereocenters. The van der Waals surface area contributed by atoms with E-state index >= 15 is 0 Å². The van der Waals surface area contributed by atoms with Gasteiger partial charge in [-0.15, -0.1) is 0 Å². The summed E-state index contributed by atoms with van der Waals surface area (Å²) in [7, 11) is 0. The average molecular weight is 355 g/mol. The number of likely N-dealkylation sites (tertiary alicyclic amines) is 2. The molecule has 5 nitrogen and oxygen atoms in total. The first kappa shape index (κ1) is 17.6. The van der Waals surface area contributed by atoms with Crippen molar-refractivity contribution in [1.82, 2.24) is 14.8 Å². The molecule has 1 aromatic carbocycles. The van der Waals surface area contributed by atoms with E-state index in [-0.39, 0.29) is 5.56 Å². The van der Waals surface area contributed by atoms with E-state index in [0.717, 1.165) is 41.9 Å². The fourth-order valence-electron chi connectivity index (χ4n) is 4.39. The average Bonchev–Trinajstić information content (AvgIpc) is 2.59. The predicted molar refractivity (Wildman–Crippen MR) is 105 cm³/mol. The number of benzene rings is 1. The molecule has 3 heterocycles. The minimum Gasteiger partial charge on any atom is -0.494 e. The minimum atomic E-state index is 0.0245. The highest BCUT2D eigenvalue weighted by Gasteiger charge is 2.35. The van der Waals surface area contributed by atoms with Crippen molar-refractivity contribution < 1.29 is 4.74 Å². The summed E-state index contributed by atoms with van der Waals surface area (Å²) < 4.78 is 5.58. The van der Waals surface area contributed by atoms with Gasteiger partial charge in [-0.1, -0.05) is 6.42 Å². The molecule has 1 aromatic heterocycles. The lowest BCUT2D eigenvalue weighted by Crippen LogP contribution is -2.61. The van der Waals surface area contributed by atoms with Crippen LogP contribution in [0.1, 0.15) is 38.7 Å². The summed E-state index contributed by atoms with van der Waals surface area (Å²) in [6, 6.07) is 9.22. The minimum absolute atomic E-state index is 0.0245. The van der Waals surface area contributed by atoms with Crippen LogP contribution in [0.15, 0.2) is 29.1 Å². The smallest absolute Gasteiger partial charge is 0.252 e. The predicted octanol–water partition coefficient (Wildman–Crippen LogP) is 2.99. The van der Waals surface area contributed by atoms with Gasteiger partial charge in [0.1, 0.15) is 5.75 Å². The van der Waals surface area contributed by atoms with Crippen LogP contribution >= 0.6 is 0 Å². The van der Waals surface area contributed by atoms with Crippen molar-refractivity contribution in [2.24, 2.45) is 0 Å². The van der Waals surface area contributed by atoms with E-state index in [9.17, 15) is 4.79 Å². The Balaban J connectivity index is 1.44. The topological polar surface area (TPSA) is 48.6 Å². The Hall–Kier alpha value is -1.85. The van der Waals surface area contributed by atoms with Crippen molar-refractivity contribution in [3.8, 4) is 5.75 Å². The molecule has 1 N–H and O–H groups in total. The van der Waals surface area contributed by atoms with Crippen LogP contribution in [0.2, 0.25) is 0 Å². The first-order valence-corrected chi connectivity index (χ1v) is 9.91. The van der Waals surface area contributed by atoms with E-state index in [1.165, 1.54) is 25.8 Å². The Labute approximate surface area is 154 Å². The van der Waals surface area contributed by atoms with Gasteiger partial charge in [0.2, 0.25) is 0 Å². The quantitative estimate of drug-likeness (QED) is 0.896. The lowest BCUT2D eigenvalue weighted by molar-refractivity contribution is -0.00635. The number of rotatable bonds is 5. The van der Waals surface area contributed by atoms with E-state index in [0.29, 0.717) is 18.7 Å². The highest BCUT2D eigenvalue weighted by Crippen LogP contribution is 2.26. The van der Waals surface area contributed by atoms with Gasteiger partial charge in [-0.3, -0.25) is 14.6 Å². The zero-order valence-electron chi connectivity index (χ0n) is 15.8. The van der Waals surface area contributed by atoms with E-state index in [1.54, 1.807) is 0 Å². The maximum Gasteiger partial charge on any atom is 0.252 e. The molecule has 0 radical (unpaired) electrons. The summed E-state index contributed by atoms with van der Waals surface area (Å²) in [6.07, 6.45) is 4.01. The molecule has 140 valence electrons. The van der Waals surface area contributed by atoms with Crippen molar-refractivity contribution in [3.63, 3.8) is 0 Å². The molecule has 2 aliphatic rings. The van der Waals surface area contributed by atoms with Crippen LogP contribution in [0.25, 0.3) is 10.9 Å². The zero-order valence-corrected chi connectivity index (χ0v) is 15.8. The maximum atomic E-state index is 12.4. The lowest BCUT2D eigenvalue weighted by atomic mass is 9.97. The SMILES string of the molecule is CCOc1ccc2[nH]c(=O)c(CN3CC(N4CCCC[C@H]4C)C3)cc2c1.